The Kier molecular flexibility index (Phi) is 5.18. The van der Waals surface area contributed by atoms with Crippen LogP contribution in [-0.4, -0.2) is 37.9 Å². The van der Waals surface area contributed by atoms with Gasteiger partial charge < -0.3 is 4.90 Å². The maximum atomic E-state index is 11.4. The Hall–Kier alpha value is 0.484. The minimum atomic E-state index is -1.74. The smallest absolute Gasteiger partial charge is 0.218 e. The summed E-state index contributed by atoms with van der Waals surface area (Å²) in [6, 6.07) is 0. The lowest BCUT2D eigenvalue weighted by Crippen LogP contribution is -2.47. The highest BCUT2D eigenvalue weighted by Crippen LogP contribution is 2.15. The van der Waals surface area contributed by atoms with Gasteiger partial charge in [-0.15, -0.1) is 0 Å². The van der Waals surface area contributed by atoms with E-state index >= 15 is 0 Å². The molecule has 0 heterocycles. The number of carbonyl (C=O) groups is 1. The van der Waals surface area contributed by atoms with E-state index in [1.807, 2.05) is 26.2 Å². The highest BCUT2D eigenvalue weighted by Gasteiger charge is 2.28. The highest BCUT2D eigenvalue weighted by atomic mass is 35.6. The second-order valence-corrected chi connectivity index (χ2v) is 18.5. The van der Waals surface area contributed by atoms with Gasteiger partial charge in [-0.25, -0.2) is 0 Å². The van der Waals surface area contributed by atoms with Crippen molar-refractivity contribution in [1.29, 1.82) is 0 Å². The number of nitrogens with zero attached hydrogens (tertiary/aromatic N) is 1. The Balaban J connectivity index is 4.40. The van der Waals surface area contributed by atoms with Crippen molar-refractivity contribution in [3.05, 3.63) is 0 Å². The normalized spacial score (nSPS) is 12.8. The zero-order valence-corrected chi connectivity index (χ0v) is 13.0. The first-order valence-electron chi connectivity index (χ1n) is 4.65. The van der Waals surface area contributed by atoms with Crippen LogP contribution in [0.2, 0.25) is 26.2 Å². The Bertz CT molecular complexity index is 194. The van der Waals surface area contributed by atoms with Crippen LogP contribution in [0.25, 0.3) is 0 Å². The summed E-state index contributed by atoms with van der Waals surface area (Å²) in [5.74, 6) is 0.0763. The van der Waals surface area contributed by atoms with Gasteiger partial charge in [-0.2, -0.15) is 22.2 Å². The molecule has 0 atom stereocenters. The zero-order valence-electron chi connectivity index (χ0n) is 9.53. The molecule has 0 saturated carbocycles. The Morgan fingerprint density at radius 1 is 1.07 bits per heavy atom. The predicted molar refractivity (Wildman–Crippen MR) is 68.9 cm³/mol. The molecule has 0 aliphatic rings. The standard InChI is InChI=1S/C8H19Cl2NOSi2/c1-8(12)11(6-13(2,3)9)7-14(4,5)10/h6-7H2,1-5H3. The monoisotopic (exact) mass is 271 g/mol. The van der Waals surface area contributed by atoms with Crippen LogP contribution in [0.5, 0.6) is 0 Å². The van der Waals surface area contributed by atoms with E-state index in [4.69, 9.17) is 22.2 Å². The highest BCUT2D eigenvalue weighted by molar-refractivity contribution is 7.20. The van der Waals surface area contributed by atoms with E-state index in [2.05, 4.69) is 0 Å². The van der Waals surface area contributed by atoms with Crippen LogP contribution in [0.15, 0.2) is 0 Å². The third kappa shape index (κ3) is 7.85. The summed E-state index contributed by atoms with van der Waals surface area (Å²) in [7, 11) is -3.48. The number of hydrogen-bond acceptors (Lipinski definition) is 1. The van der Waals surface area contributed by atoms with E-state index in [1.165, 1.54) is 0 Å². The molecule has 6 heteroatoms. The van der Waals surface area contributed by atoms with Gasteiger partial charge in [0.1, 0.15) is 0 Å². The van der Waals surface area contributed by atoms with Gasteiger partial charge in [-0.1, -0.05) is 26.2 Å². The molecule has 0 N–H and O–H groups in total. The van der Waals surface area contributed by atoms with Crippen LogP contribution in [-0.2, 0) is 4.79 Å². The van der Waals surface area contributed by atoms with Crippen LogP contribution in [0, 0.1) is 0 Å². The zero-order chi connectivity index (χ0) is 11.6. The molecule has 0 aromatic rings. The van der Waals surface area contributed by atoms with E-state index in [0.29, 0.717) is 12.3 Å². The van der Waals surface area contributed by atoms with Gasteiger partial charge in [0.25, 0.3) is 0 Å². The van der Waals surface area contributed by atoms with Crippen molar-refractivity contribution < 1.29 is 4.79 Å². The number of hydrogen-bond donors (Lipinski definition) is 0. The molecule has 0 fully saturated rings. The van der Waals surface area contributed by atoms with E-state index in [1.54, 1.807) is 11.8 Å². The fourth-order valence-electron chi connectivity index (χ4n) is 1.19. The first-order valence-corrected chi connectivity index (χ1v) is 13.1. The lowest BCUT2D eigenvalue weighted by Gasteiger charge is -2.30. The topological polar surface area (TPSA) is 20.3 Å². The van der Waals surface area contributed by atoms with Crippen molar-refractivity contribution in [3.63, 3.8) is 0 Å². The van der Waals surface area contributed by atoms with E-state index in [-0.39, 0.29) is 5.91 Å². The molecular formula is C8H19Cl2NOSi2. The van der Waals surface area contributed by atoms with Gasteiger partial charge in [0.15, 0.2) is 14.8 Å². The molecule has 84 valence electrons. The maximum Gasteiger partial charge on any atom is 0.218 e. The van der Waals surface area contributed by atoms with E-state index in [9.17, 15) is 4.79 Å². The lowest BCUT2D eigenvalue weighted by atomic mass is 10.6. The Morgan fingerprint density at radius 2 is 1.36 bits per heavy atom. The summed E-state index contributed by atoms with van der Waals surface area (Å²) in [6.07, 6.45) is 1.38. The van der Waals surface area contributed by atoms with Crippen molar-refractivity contribution in [2.24, 2.45) is 0 Å². The molecular weight excluding hydrogens is 253 g/mol. The lowest BCUT2D eigenvalue weighted by molar-refractivity contribution is -0.127. The summed E-state index contributed by atoms with van der Waals surface area (Å²) in [4.78, 5) is 13.2. The molecule has 0 spiro atoms. The fraction of sp³-hybridized carbons (Fsp3) is 0.875. The second kappa shape index (κ2) is 5.01. The molecule has 0 radical (unpaired) electrons. The van der Waals surface area contributed by atoms with Crippen LogP contribution >= 0.6 is 22.2 Å². The summed E-state index contributed by atoms with van der Waals surface area (Å²) >= 11 is 12.4. The predicted octanol–water partition coefficient (Wildman–Crippen LogP) is 2.80. The van der Waals surface area contributed by atoms with Gasteiger partial charge in [0, 0.05) is 19.3 Å². The van der Waals surface area contributed by atoms with Crippen LogP contribution < -0.4 is 0 Å². The molecule has 0 saturated heterocycles. The van der Waals surface area contributed by atoms with Gasteiger partial charge >= 0.3 is 0 Å². The maximum absolute atomic E-state index is 11.4. The van der Waals surface area contributed by atoms with Crippen LogP contribution in [0.4, 0.5) is 0 Å². The molecule has 0 aromatic carbocycles. The first-order chi connectivity index (χ1) is 6.01. The van der Waals surface area contributed by atoms with Gasteiger partial charge in [-0.3, -0.25) is 4.79 Å². The minimum absolute atomic E-state index is 0.0763. The number of carbonyl (C=O) groups excluding carboxylic acids is 1. The van der Waals surface area contributed by atoms with Crippen LogP contribution in [0.3, 0.4) is 0 Å². The molecule has 0 aliphatic heterocycles. The van der Waals surface area contributed by atoms with Crippen molar-refractivity contribution in [2.75, 3.05) is 12.3 Å². The number of halogens is 2. The molecule has 0 aliphatic carbocycles. The molecule has 0 bridgehead atoms. The Labute approximate surface area is 98.0 Å². The number of rotatable bonds is 4. The van der Waals surface area contributed by atoms with Crippen molar-refractivity contribution in [3.8, 4) is 0 Å². The summed E-state index contributed by atoms with van der Waals surface area (Å²) in [5.41, 5.74) is 0. The molecule has 0 unspecified atom stereocenters. The van der Waals surface area contributed by atoms with E-state index in [0.717, 1.165) is 0 Å². The largest absolute Gasteiger partial charge is 0.346 e. The second-order valence-electron chi connectivity index (χ2n) is 4.81. The van der Waals surface area contributed by atoms with Crippen molar-refractivity contribution in [1.82, 2.24) is 4.90 Å². The first kappa shape index (κ1) is 14.5. The third-order valence-corrected chi connectivity index (χ3v) is 4.56. The summed E-state index contributed by atoms with van der Waals surface area (Å²) < 4.78 is 0. The van der Waals surface area contributed by atoms with Crippen molar-refractivity contribution in [2.45, 2.75) is 33.1 Å². The number of amides is 1. The fourth-order valence-corrected chi connectivity index (χ4v) is 4.76. The molecule has 14 heavy (non-hydrogen) atoms. The average molecular weight is 272 g/mol. The summed E-state index contributed by atoms with van der Waals surface area (Å²) in [5, 5.41) is 0. The Morgan fingerprint density at radius 3 is 1.50 bits per heavy atom. The van der Waals surface area contributed by atoms with Crippen molar-refractivity contribution >= 4 is 42.8 Å². The quantitative estimate of drug-likeness (QED) is 0.569. The SMILES string of the molecule is CC(=O)N(C[Si](C)(C)Cl)C[Si](C)(C)Cl. The molecule has 0 rings (SSSR count). The third-order valence-electron chi connectivity index (χ3n) is 1.58. The van der Waals surface area contributed by atoms with Gasteiger partial charge in [-0.05, 0) is 0 Å². The average Bonchev–Trinajstić information content (AvgIpc) is 1.78. The minimum Gasteiger partial charge on any atom is -0.346 e. The molecule has 2 nitrogen and oxygen atoms in total. The van der Waals surface area contributed by atoms with Gasteiger partial charge in [0.05, 0.1) is 0 Å². The van der Waals surface area contributed by atoms with Crippen LogP contribution in [0.1, 0.15) is 6.92 Å². The van der Waals surface area contributed by atoms with Gasteiger partial charge in [0.2, 0.25) is 5.91 Å². The molecule has 0 aromatic heterocycles. The molecule has 1 amide bonds. The van der Waals surface area contributed by atoms with E-state index < -0.39 is 14.8 Å². The summed E-state index contributed by atoms with van der Waals surface area (Å²) in [6.45, 7) is 9.72.